The molecule has 158 valence electrons. The van der Waals surface area contributed by atoms with Crippen LogP contribution in [-0.4, -0.2) is 46.4 Å². The molecule has 0 aromatic heterocycles. The van der Waals surface area contributed by atoms with Crippen LogP contribution in [0.3, 0.4) is 0 Å². The van der Waals surface area contributed by atoms with Gasteiger partial charge >= 0.3 is 11.9 Å². The zero-order valence-electron chi connectivity index (χ0n) is 17.9. The van der Waals surface area contributed by atoms with Crippen molar-refractivity contribution in [2.45, 2.75) is 65.6 Å². The van der Waals surface area contributed by atoms with Gasteiger partial charge in [0.15, 0.2) is 5.92 Å². The molecule has 7 heteroatoms. The van der Waals surface area contributed by atoms with Crippen molar-refractivity contribution in [1.29, 1.82) is 0 Å². The Balaban J connectivity index is 2.06. The summed E-state index contributed by atoms with van der Waals surface area (Å²) in [7, 11) is 0. The third-order valence-corrected chi connectivity index (χ3v) is 4.14. The van der Waals surface area contributed by atoms with Crippen molar-refractivity contribution in [2.24, 2.45) is 5.92 Å². The summed E-state index contributed by atoms with van der Waals surface area (Å²) >= 11 is 0. The van der Waals surface area contributed by atoms with Gasteiger partial charge < -0.3 is 9.47 Å². The van der Waals surface area contributed by atoms with Gasteiger partial charge in [-0.25, -0.2) is 0 Å². The maximum atomic E-state index is 12.5. The van der Waals surface area contributed by atoms with Crippen LogP contribution in [0.25, 0.3) is 0 Å². The predicted octanol–water partition coefficient (Wildman–Crippen LogP) is 3.36. The van der Waals surface area contributed by atoms with Gasteiger partial charge in [-0.15, -0.1) is 0 Å². The van der Waals surface area contributed by atoms with E-state index < -0.39 is 29.1 Å². The topological polar surface area (TPSA) is 90.0 Å². The Kier molecular flexibility index (Phi) is 6.50. The minimum absolute atomic E-state index is 0.106. The summed E-state index contributed by atoms with van der Waals surface area (Å²) in [5, 5.41) is 0. The lowest BCUT2D eigenvalue weighted by Gasteiger charge is -2.26. The highest BCUT2D eigenvalue weighted by Crippen LogP contribution is 2.24. The second-order valence-corrected chi connectivity index (χ2v) is 9.07. The molecule has 1 aliphatic rings. The molecule has 0 N–H and O–H groups in total. The first-order valence-corrected chi connectivity index (χ1v) is 9.71. The minimum Gasteiger partial charge on any atom is -0.459 e. The van der Waals surface area contributed by atoms with Gasteiger partial charge in [0, 0.05) is 6.54 Å². The molecule has 0 atom stereocenters. The van der Waals surface area contributed by atoms with E-state index in [2.05, 4.69) is 0 Å². The van der Waals surface area contributed by atoms with Gasteiger partial charge in [-0.3, -0.25) is 24.1 Å². The summed E-state index contributed by atoms with van der Waals surface area (Å²) in [6.07, 6.45) is 0.381. The van der Waals surface area contributed by atoms with Gasteiger partial charge in [0.2, 0.25) is 0 Å². The van der Waals surface area contributed by atoms with E-state index in [4.69, 9.17) is 9.47 Å². The summed E-state index contributed by atoms with van der Waals surface area (Å²) in [5.74, 6) is -3.19. The van der Waals surface area contributed by atoms with E-state index in [1.165, 1.54) is 0 Å². The van der Waals surface area contributed by atoms with Crippen molar-refractivity contribution in [2.75, 3.05) is 6.54 Å². The number of hydrogen-bond acceptors (Lipinski definition) is 6. The Hall–Kier alpha value is -2.70. The molecule has 0 fully saturated rings. The Morgan fingerprint density at radius 1 is 0.862 bits per heavy atom. The van der Waals surface area contributed by atoms with Crippen LogP contribution in [0, 0.1) is 5.92 Å². The van der Waals surface area contributed by atoms with Gasteiger partial charge in [-0.1, -0.05) is 12.1 Å². The molecule has 0 saturated heterocycles. The van der Waals surface area contributed by atoms with Crippen LogP contribution in [0.5, 0.6) is 0 Å². The number of esters is 2. The van der Waals surface area contributed by atoms with Crippen LogP contribution < -0.4 is 0 Å². The quantitative estimate of drug-likeness (QED) is 0.411. The number of carbonyl (C=O) groups is 4. The zero-order valence-corrected chi connectivity index (χ0v) is 17.9. The highest BCUT2D eigenvalue weighted by Gasteiger charge is 2.37. The van der Waals surface area contributed by atoms with Crippen LogP contribution in [0.4, 0.5) is 0 Å². The monoisotopic (exact) mass is 403 g/mol. The van der Waals surface area contributed by atoms with E-state index in [1.54, 1.807) is 65.8 Å². The van der Waals surface area contributed by atoms with Crippen LogP contribution in [0.2, 0.25) is 0 Å². The van der Waals surface area contributed by atoms with Gasteiger partial charge in [0.1, 0.15) is 11.2 Å². The fourth-order valence-corrected chi connectivity index (χ4v) is 2.97. The summed E-state index contributed by atoms with van der Waals surface area (Å²) < 4.78 is 10.7. The number of rotatable bonds is 6. The van der Waals surface area contributed by atoms with Crippen molar-refractivity contribution < 1.29 is 28.7 Å². The zero-order chi connectivity index (χ0) is 22.0. The van der Waals surface area contributed by atoms with E-state index in [9.17, 15) is 19.2 Å². The number of benzene rings is 1. The van der Waals surface area contributed by atoms with Crippen LogP contribution in [-0.2, 0) is 19.1 Å². The number of ether oxygens (including phenoxy) is 2. The molecule has 1 aromatic carbocycles. The SMILES string of the molecule is CC(C)(C)OC(=O)C(CCCN1C(=O)c2ccccc2C1=O)C(=O)OC(C)(C)C. The lowest BCUT2D eigenvalue weighted by atomic mass is 10.0. The minimum atomic E-state index is -1.12. The van der Waals surface area contributed by atoms with Crippen molar-refractivity contribution in [3.8, 4) is 0 Å². The first-order chi connectivity index (χ1) is 13.3. The Labute approximate surface area is 171 Å². The molecule has 1 aliphatic heterocycles. The molecule has 2 rings (SSSR count). The molecular weight excluding hydrogens is 374 g/mol. The molecule has 0 radical (unpaired) electrons. The van der Waals surface area contributed by atoms with Gasteiger partial charge in [0.25, 0.3) is 11.8 Å². The summed E-state index contributed by atoms with van der Waals surface area (Å²) in [4.78, 5) is 51.1. The van der Waals surface area contributed by atoms with Gasteiger partial charge in [-0.05, 0) is 66.5 Å². The van der Waals surface area contributed by atoms with Crippen LogP contribution in [0.15, 0.2) is 24.3 Å². The molecule has 2 amide bonds. The second kappa shape index (κ2) is 8.35. The lowest BCUT2D eigenvalue weighted by Crippen LogP contribution is -2.37. The third kappa shape index (κ3) is 5.89. The van der Waals surface area contributed by atoms with Crippen molar-refractivity contribution in [3.05, 3.63) is 35.4 Å². The molecule has 0 aliphatic carbocycles. The third-order valence-electron chi connectivity index (χ3n) is 4.14. The molecule has 0 saturated carbocycles. The van der Waals surface area contributed by atoms with Crippen molar-refractivity contribution >= 4 is 23.8 Å². The second-order valence-electron chi connectivity index (χ2n) is 9.07. The summed E-state index contributed by atoms with van der Waals surface area (Å²) in [5.41, 5.74) is -0.763. The van der Waals surface area contributed by atoms with E-state index in [0.29, 0.717) is 11.1 Å². The number of nitrogens with zero attached hydrogens (tertiary/aromatic N) is 1. The standard InChI is InChI=1S/C22H29NO6/c1-21(2,3)28-19(26)16(20(27)29-22(4,5)6)12-9-13-23-17(24)14-10-7-8-11-15(14)18(23)25/h7-8,10-11,16H,9,12-13H2,1-6H3. The van der Waals surface area contributed by atoms with E-state index in [-0.39, 0.29) is 31.2 Å². The molecule has 0 bridgehead atoms. The van der Waals surface area contributed by atoms with E-state index >= 15 is 0 Å². The fourth-order valence-electron chi connectivity index (χ4n) is 2.97. The maximum Gasteiger partial charge on any atom is 0.320 e. The average molecular weight is 403 g/mol. The van der Waals surface area contributed by atoms with Crippen LogP contribution in [0.1, 0.15) is 75.1 Å². The number of carbonyl (C=O) groups excluding carboxylic acids is 4. The predicted molar refractivity (Wildman–Crippen MR) is 106 cm³/mol. The Morgan fingerprint density at radius 2 is 1.28 bits per heavy atom. The fraction of sp³-hybridized carbons (Fsp3) is 0.545. The molecule has 7 nitrogen and oxygen atoms in total. The molecule has 0 unspecified atom stereocenters. The highest BCUT2D eigenvalue weighted by atomic mass is 16.6. The summed E-state index contributed by atoms with van der Waals surface area (Å²) in [6, 6.07) is 6.63. The molecular formula is C22H29NO6. The van der Waals surface area contributed by atoms with Gasteiger partial charge in [0.05, 0.1) is 11.1 Å². The van der Waals surface area contributed by atoms with Crippen LogP contribution >= 0.6 is 0 Å². The van der Waals surface area contributed by atoms with E-state index in [0.717, 1.165) is 4.90 Å². The largest absolute Gasteiger partial charge is 0.459 e. The number of fused-ring (bicyclic) bond motifs is 1. The molecule has 1 heterocycles. The molecule has 0 spiro atoms. The normalized spacial score (nSPS) is 14.2. The molecule has 1 aromatic rings. The summed E-state index contributed by atoms with van der Waals surface area (Å²) in [6.45, 7) is 10.4. The number of amides is 2. The van der Waals surface area contributed by atoms with Crippen molar-refractivity contribution in [3.63, 3.8) is 0 Å². The Morgan fingerprint density at radius 3 is 1.66 bits per heavy atom. The Bertz CT molecular complexity index is 752. The van der Waals surface area contributed by atoms with Crippen molar-refractivity contribution in [1.82, 2.24) is 4.90 Å². The first kappa shape index (κ1) is 22.6. The highest BCUT2D eigenvalue weighted by molar-refractivity contribution is 6.21. The average Bonchev–Trinajstić information content (AvgIpc) is 2.80. The smallest absolute Gasteiger partial charge is 0.320 e. The van der Waals surface area contributed by atoms with Gasteiger partial charge in [-0.2, -0.15) is 0 Å². The van der Waals surface area contributed by atoms with E-state index in [1.807, 2.05) is 0 Å². The lowest BCUT2D eigenvalue weighted by molar-refractivity contribution is -0.174. The maximum absolute atomic E-state index is 12.5. The number of imide groups is 1. The molecule has 29 heavy (non-hydrogen) atoms. The number of hydrogen-bond donors (Lipinski definition) is 0. The first-order valence-electron chi connectivity index (χ1n) is 9.71.